The van der Waals surface area contributed by atoms with Gasteiger partial charge in [0.1, 0.15) is 5.75 Å². The van der Waals surface area contributed by atoms with Gasteiger partial charge in [0.2, 0.25) is 0 Å². The van der Waals surface area contributed by atoms with Crippen LogP contribution in [0.2, 0.25) is 0 Å². The number of rotatable bonds is 10. The van der Waals surface area contributed by atoms with Crippen LogP contribution in [0.3, 0.4) is 0 Å². The number of benzene rings is 1. The normalized spacial score (nSPS) is 22.8. The Morgan fingerprint density at radius 3 is 2.59 bits per heavy atom. The van der Waals surface area contributed by atoms with E-state index in [0.717, 1.165) is 37.7 Å². The second-order valence-corrected chi connectivity index (χ2v) is 8.51. The molecule has 2 fully saturated rings. The highest BCUT2D eigenvalue weighted by Crippen LogP contribution is 2.27. The summed E-state index contributed by atoms with van der Waals surface area (Å²) in [5.41, 5.74) is 7.48. The van der Waals surface area contributed by atoms with E-state index in [1.807, 2.05) is 0 Å². The van der Waals surface area contributed by atoms with Crippen molar-refractivity contribution in [2.24, 2.45) is 11.7 Å². The van der Waals surface area contributed by atoms with Gasteiger partial charge in [0.25, 0.3) is 0 Å². The Morgan fingerprint density at radius 1 is 1.11 bits per heavy atom. The second-order valence-electron chi connectivity index (χ2n) is 8.51. The summed E-state index contributed by atoms with van der Waals surface area (Å²) < 4.78 is 5.25. The Kier molecular flexibility index (Phi) is 8.43. The minimum absolute atomic E-state index is 0.497. The Hall–Kier alpha value is -1.10. The first kappa shape index (κ1) is 20.6. The van der Waals surface area contributed by atoms with Gasteiger partial charge in [-0.3, -0.25) is 4.90 Å². The zero-order valence-electron chi connectivity index (χ0n) is 17.2. The van der Waals surface area contributed by atoms with E-state index in [2.05, 4.69) is 34.5 Å². The van der Waals surface area contributed by atoms with Crippen molar-refractivity contribution in [3.05, 3.63) is 29.8 Å². The summed E-state index contributed by atoms with van der Waals surface area (Å²) in [5.74, 6) is 1.84. The van der Waals surface area contributed by atoms with E-state index in [9.17, 15) is 0 Å². The molecule has 3 rings (SSSR count). The molecule has 27 heavy (non-hydrogen) atoms. The number of nitrogens with one attached hydrogen (secondary N) is 1. The highest BCUT2D eigenvalue weighted by Gasteiger charge is 2.25. The van der Waals surface area contributed by atoms with Crippen LogP contribution in [-0.2, 0) is 6.42 Å². The molecule has 2 atom stereocenters. The third-order valence-electron chi connectivity index (χ3n) is 6.62. The molecular formula is C23H39N3O. The van der Waals surface area contributed by atoms with Crippen LogP contribution in [0.25, 0.3) is 0 Å². The fourth-order valence-electron chi connectivity index (χ4n) is 4.88. The van der Waals surface area contributed by atoms with Crippen molar-refractivity contribution in [1.82, 2.24) is 10.2 Å². The first-order valence-corrected chi connectivity index (χ1v) is 11.1. The van der Waals surface area contributed by atoms with Gasteiger partial charge < -0.3 is 15.8 Å². The van der Waals surface area contributed by atoms with Crippen molar-refractivity contribution in [3.8, 4) is 5.75 Å². The van der Waals surface area contributed by atoms with Crippen molar-refractivity contribution >= 4 is 0 Å². The van der Waals surface area contributed by atoms with Gasteiger partial charge in [-0.05, 0) is 55.8 Å². The van der Waals surface area contributed by atoms with Crippen LogP contribution >= 0.6 is 0 Å². The van der Waals surface area contributed by atoms with E-state index in [1.165, 1.54) is 63.5 Å². The van der Waals surface area contributed by atoms with Gasteiger partial charge in [0.05, 0.1) is 7.11 Å². The van der Waals surface area contributed by atoms with E-state index < -0.39 is 0 Å². The number of methoxy groups -OCH3 is 1. The molecule has 152 valence electrons. The van der Waals surface area contributed by atoms with Gasteiger partial charge in [-0.25, -0.2) is 0 Å². The van der Waals surface area contributed by atoms with Crippen LogP contribution in [0.15, 0.2) is 24.3 Å². The van der Waals surface area contributed by atoms with Crippen molar-refractivity contribution in [1.29, 1.82) is 0 Å². The first-order chi connectivity index (χ1) is 13.3. The van der Waals surface area contributed by atoms with Crippen LogP contribution in [0.4, 0.5) is 0 Å². The van der Waals surface area contributed by atoms with E-state index in [-0.39, 0.29) is 0 Å². The summed E-state index contributed by atoms with van der Waals surface area (Å²) in [4.78, 5) is 2.67. The Labute approximate surface area is 165 Å². The molecule has 3 N–H and O–H groups in total. The monoisotopic (exact) mass is 373 g/mol. The molecule has 0 spiro atoms. The molecule has 1 aliphatic carbocycles. The summed E-state index contributed by atoms with van der Waals surface area (Å²) in [6.07, 6.45) is 12.1. The van der Waals surface area contributed by atoms with Crippen molar-refractivity contribution in [3.63, 3.8) is 0 Å². The summed E-state index contributed by atoms with van der Waals surface area (Å²) >= 11 is 0. The van der Waals surface area contributed by atoms with Gasteiger partial charge in [0, 0.05) is 31.7 Å². The molecule has 2 unspecified atom stereocenters. The second kappa shape index (κ2) is 11.0. The van der Waals surface area contributed by atoms with Crippen molar-refractivity contribution < 1.29 is 4.74 Å². The summed E-state index contributed by atoms with van der Waals surface area (Å²) in [6, 6.07) is 9.68. The fourth-order valence-corrected chi connectivity index (χ4v) is 4.88. The first-order valence-electron chi connectivity index (χ1n) is 11.1. The number of nitrogens with two attached hydrogens (primary N) is 1. The molecule has 1 heterocycles. The van der Waals surface area contributed by atoms with E-state index in [4.69, 9.17) is 10.5 Å². The van der Waals surface area contributed by atoms with Crippen LogP contribution in [-0.4, -0.2) is 50.3 Å². The average Bonchev–Trinajstić information content (AvgIpc) is 3.18. The zero-order valence-corrected chi connectivity index (χ0v) is 17.2. The van der Waals surface area contributed by atoms with Crippen LogP contribution in [0.1, 0.15) is 56.9 Å². The smallest absolute Gasteiger partial charge is 0.118 e. The molecule has 1 saturated heterocycles. The van der Waals surface area contributed by atoms with Gasteiger partial charge in [0.15, 0.2) is 0 Å². The quantitative estimate of drug-likeness (QED) is 0.658. The largest absolute Gasteiger partial charge is 0.497 e. The minimum atomic E-state index is 0.497. The van der Waals surface area contributed by atoms with Gasteiger partial charge in [-0.1, -0.05) is 44.2 Å². The van der Waals surface area contributed by atoms with Gasteiger partial charge in [-0.15, -0.1) is 0 Å². The van der Waals surface area contributed by atoms with E-state index in [0.29, 0.717) is 12.1 Å². The lowest BCUT2D eigenvalue weighted by molar-refractivity contribution is 0.234. The molecule has 1 aromatic carbocycles. The molecular weight excluding hydrogens is 334 g/mol. The maximum absolute atomic E-state index is 6.08. The highest BCUT2D eigenvalue weighted by atomic mass is 16.5. The molecule has 0 bridgehead atoms. The average molecular weight is 374 g/mol. The zero-order chi connectivity index (χ0) is 18.9. The summed E-state index contributed by atoms with van der Waals surface area (Å²) in [5, 5.41) is 3.82. The predicted molar refractivity (Wildman–Crippen MR) is 113 cm³/mol. The van der Waals surface area contributed by atoms with Crippen molar-refractivity contribution in [2.75, 3.05) is 33.3 Å². The van der Waals surface area contributed by atoms with Gasteiger partial charge in [-0.2, -0.15) is 0 Å². The molecule has 4 nitrogen and oxygen atoms in total. The summed E-state index contributed by atoms with van der Waals surface area (Å²) in [7, 11) is 1.72. The lowest BCUT2D eigenvalue weighted by atomic mass is 9.85. The van der Waals surface area contributed by atoms with E-state index in [1.54, 1.807) is 7.11 Å². The Morgan fingerprint density at radius 2 is 1.89 bits per heavy atom. The molecule has 4 heteroatoms. The highest BCUT2D eigenvalue weighted by molar-refractivity contribution is 5.27. The summed E-state index contributed by atoms with van der Waals surface area (Å²) in [6.45, 7) is 4.25. The maximum Gasteiger partial charge on any atom is 0.118 e. The number of nitrogens with zero attached hydrogens (tertiary/aromatic N) is 1. The van der Waals surface area contributed by atoms with Crippen molar-refractivity contribution in [2.45, 2.75) is 69.9 Å². The number of hydrogen-bond donors (Lipinski definition) is 2. The molecule has 0 amide bonds. The number of likely N-dealkylation sites (tertiary alicyclic amines) is 1. The molecule has 1 saturated carbocycles. The standard InChI is InChI=1S/C23H39N3O/c1-27-23-11-9-19(10-12-23)13-15-26-14-5-8-22(26)18-25-21(17-24)16-20-6-3-2-4-7-20/h9-12,20-22,25H,2-8,13-18,24H2,1H3. The lowest BCUT2D eigenvalue weighted by Gasteiger charge is -2.30. The van der Waals surface area contributed by atoms with Crippen LogP contribution in [0, 0.1) is 5.92 Å². The third-order valence-corrected chi connectivity index (χ3v) is 6.62. The van der Waals surface area contributed by atoms with Crippen LogP contribution in [0.5, 0.6) is 5.75 Å². The maximum atomic E-state index is 6.08. The molecule has 0 radical (unpaired) electrons. The minimum Gasteiger partial charge on any atom is -0.497 e. The topological polar surface area (TPSA) is 50.5 Å². The Balaban J connectivity index is 1.41. The lowest BCUT2D eigenvalue weighted by Crippen LogP contribution is -2.45. The molecule has 1 aliphatic heterocycles. The van der Waals surface area contributed by atoms with E-state index >= 15 is 0 Å². The number of ether oxygens (including phenoxy) is 1. The SMILES string of the molecule is COc1ccc(CCN2CCCC2CNC(CN)CC2CCCCC2)cc1. The molecule has 0 aromatic heterocycles. The van der Waals surface area contributed by atoms with Crippen LogP contribution < -0.4 is 15.8 Å². The number of hydrogen-bond acceptors (Lipinski definition) is 4. The molecule has 2 aliphatic rings. The third kappa shape index (κ3) is 6.48. The predicted octanol–water partition coefficient (Wildman–Crippen LogP) is 3.59. The fraction of sp³-hybridized carbons (Fsp3) is 0.739. The van der Waals surface area contributed by atoms with Gasteiger partial charge >= 0.3 is 0 Å². The molecule has 1 aromatic rings. The Bertz CT molecular complexity index is 527.